The molecular weight excluding hydrogens is 332 g/mol. The summed E-state index contributed by atoms with van der Waals surface area (Å²) in [4.78, 5) is 27.2. The molecule has 1 amide bonds. The summed E-state index contributed by atoms with van der Waals surface area (Å²) in [6.45, 7) is 2.99. The highest BCUT2D eigenvalue weighted by molar-refractivity contribution is 7.10. The van der Waals surface area contributed by atoms with Crippen LogP contribution in [0.3, 0.4) is 0 Å². The molecule has 1 fully saturated rings. The average molecular weight is 357 g/mol. The Morgan fingerprint density at radius 3 is 2.72 bits per heavy atom. The molecule has 2 aromatic rings. The highest BCUT2D eigenvalue weighted by Crippen LogP contribution is 2.23. The molecule has 0 aliphatic carbocycles. The molecule has 1 saturated heterocycles. The minimum Gasteiger partial charge on any atom is -0.341 e. The summed E-state index contributed by atoms with van der Waals surface area (Å²) in [6.07, 6.45) is 2.82. The van der Waals surface area contributed by atoms with Crippen LogP contribution in [0.15, 0.2) is 47.8 Å². The first kappa shape index (κ1) is 17.8. The number of hydrogen-bond acceptors (Lipinski definition) is 3. The lowest BCUT2D eigenvalue weighted by atomic mass is 10.0. The Hall–Kier alpha value is -1.98. The van der Waals surface area contributed by atoms with Gasteiger partial charge < -0.3 is 10.2 Å². The first-order valence-corrected chi connectivity index (χ1v) is 9.73. The van der Waals surface area contributed by atoms with E-state index in [-0.39, 0.29) is 11.7 Å². The van der Waals surface area contributed by atoms with E-state index in [1.165, 1.54) is 9.78 Å². The summed E-state index contributed by atoms with van der Waals surface area (Å²) in [7, 11) is 0. The van der Waals surface area contributed by atoms with E-state index in [4.69, 9.17) is 0 Å². The molecule has 1 aromatic carbocycles. The van der Waals surface area contributed by atoms with Crippen LogP contribution >= 0.6 is 11.3 Å². The number of nitrogens with one attached hydrogen (secondary N) is 2. The van der Waals surface area contributed by atoms with Crippen molar-refractivity contribution in [3.8, 4) is 0 Å². The lowest BCUT2D eigenvalue weighted by Crippen LogP contribution is -3.11. The first-order valence-electron chi connectivity index (χ1n) is 8.85. The van der Waals surface area contributed by atoms with Gasteiger partial charge >= 0.3 is 0 Å². The predicted molar refractivity (Wildman–Crippen MR) is 99.7 cm³/mol. The van der Waals surface area contributed by atoms with Gasteiger partial charge in [-0.25, -0.2) is 0 Å². The predicted octanol–water partition coefficient (Wildman–Crippen LogP) is 1.78. The van der Waals surface area contributed by atoms with E-state index in [0.29, 0.717) is 19.0 Å². The van der Waals surface area contributed by atoms with Crippen molar-refractivity contribution in [2.45, 2.75) is 38.3 Å². The van der Waals surface area contributed by atoms with Crippen LogP contribution in [-0.4, -0.2) is 30.8 Å². The molecule has 1 aliphatic heterocycles. The number of ketones is 1. The quantitative estimate of drug-likeness (QED) is 0.794. The van der Waals surface area contributed by atoms with Crippen molar-refractivity contribution in [3.63, 3.8) is 0 Å². The zero-order valence-electron chi connectivity index (χ0n) is 14.5. The Labute approximate surface area is 152 Å². The Kier molecular flexibility index (Phi) is 6.00. The number of benzene rings is 1. The largest absolute Gasteiger partial charge is 0.341 e. The number of amides is 1. The summed E-state index contributed by atoms with van der Waals surface area (Å²) < 4.78 is 0. The lowest BCUT2D eigenvalue weighted by Gasteiger charge is -2.22. The smallest absolute Gasteiger partial charge is 0.275 e. The van der Waals surface area contributed by atoms with Gasteiger partial charge in [-0.15, -0.1) is 11.3 Å². The van der Waals surface area contributed by atoms with Gasteiger partial charge in [0, 0.05) is 12.8 Å². The normalized spacial score (nSPS) is 21.0. The molecule has 25 heavy (non-hydrogen) atoms. The number of rotatable bonds is 7. The minimum absolute atomic E-state index is 0.00318. The highest BCUT2D eigenvalue weighted by Gasteiger charge is 2.32. The number of hydrogen-bond donors (Lipinski definition) is 2. The maximum Gasteiger partial charge on any atom is 0.275 e. The molecule has 0 bridgehead atoms. The minimum atomic E-state index is -0.447. The van der Waals surface area contributed by atoms with Gasteiger partial charge in [0.1, 0.15) is 6.04 Å². The van der Waals surface area contributed by atoms with Gasteiger partial charge in [-0.2, -0.15) is 0 Å². The standard InChI is InChI=1S/C20H24N2O2S/c1-15(23)17(13-16-7-3-2-4-8-16)21-20(24)14-22-11-5-9-18(22)19-10-6-12-25-19/h2-4,6-8,10,12,17-18H,5,9,11,13-14H2,1H3,(H,21,24)/p+1/t17-,18+/m0/s1. The van der Waals surface area contributed by atoms with Gasteiger partial charge in [0.25, 0.3) is 5.91 Å². The maximum absolute atomic E-state index is 12.5. The lowest BCUT2D eigenvalue weighted by molar-refractivity contribution is -0.910. The second-order valence-corrected chi connectivity index (χ2v) is 7.70. The molecule has 0 spiro atoms. The van der Waals surface area contributed by atoms with Gasteiger partial charge in [0.2, 0.25) is 0 Å². The third-order valence-electron chi connectivity index (χ3n) is 4.87. The molecule has 4 nitrogen and oxygen atoms in total. The fraction of sp³-hybridized carbons (Fsp3) is 0.400. The van der Waals surface area contributed by atoms with Crippen molar-refractivity contribution in [2.75, 3.05) is 13.1 Å². The van der Waals surface area contributed by atoms with Gasteiger partial charge in [0.05, 0.1) is 17.5 Å². The van der Waals surface area contributed by atoms with Gasteiger partial charge in [-0.1, -0.05) is 36.4 Å². The molecule has 132 valence electrons. The fourth-order valence-electron chi connectivity index (χ4n) is 3.55. The van der Waals surface area contributed by atoms with E-state index in [2.05, 4.69) is 22.8 Å². The number of likely N-dealkylation sites (tertiary alicyclic amines) is 1. The van der Waals surface area contributed by atoms with Crippen molar-refractivity contribution < 1.29 is 14.5 Å². The molecule has 1 aromatic heterocycles. The molecule has 5 heteroatoms. The van der Waals surface area contributed by atoms with Crippen molar-refractivity contribution in [2.24, 2.45) is 0 Å². The van der Waals surface area contributed by atoms with E-state index in [1.807, 2.05) is 30.3 Å². The number of carbonyl (C=O) groups is 2. The monoisotopic (exact) mass is 357 g/mol. The molecule has 1 unspecified atom stereocenters. The summed E-state index contributed by atoms with van der Waals surface area (Å²) in [5.74, 6) is -0.0296. The summed E-state index contributed by atoms with van der Waals surface area (Å²) in [5.41, 5.74) is 1.06. The van der Waals surface area contributed by atoms with Crippen molar-refractivity contribution in [3.05, 3.63) is 58.3 Å². The van der Waals surface area contributed by atoms with E-state index in [9.17, 15) is 9.59 Å². The topological polar surface area (TPSA) is 50.6 Å². The maximum atomic E-state index is 12.5. The summed E-state index contributed by atoms with van der Waals surface area (Å²) >= 11 is 1.76. The van der Waals surface area contributed by atoms with Crippen LogP contribution in [0, 0.1) is 0 Å². The van der Waals surface area contributed by atoms with Gasteiger partial charge in [0.15, 0.2) is 12.3 Å². The third kappa shape index (κ3) is 4.77. The second-order valence-electron chi connectivity index (χ2n) is 6.72. The molecule has 2 heterocycles. The molecule has 0 saturated carbocycles. The Bertz CT molecular complexity index is 700. The van der Waals surface area contributed by atoms with E-state index >= 15 is 0 Å². The zero-order chi connectivity index (χ0) is 17.6. The number of quaternary nitrogens is 1. The molecular formula is C20H25N2O2S+. The number of Topliss-reactive ketones (excluding diaryl/α,β-unsaturated/α-hetero) is 1. The summed E-state index contributed by atoms with van der Waals surface area (Å²) in [6, 6.07) is 14.0. The van der Waals surface area contributed by atoms with Gasteiger partial charge in [-0.3, -0.25) is 9.59 Å². The first-order chi connectivity index (χ1) is 12.1. The molecule has 0 radical (unpaired) electrons. The average Bonchev–Trinajstić information content (AvgIpc) is 3.26. The molecule has 3 atom stereocenters. The van der Waals surface area contributed by atoms with Crippen LogP contribution in [0.1, 0.15) is 36.2 Å². The molecule has 3 rings (SSSR count). The van der Waals surface area contributed by atoms with Crippen LogP contribution in [-0.2, 0) is 16.0 Å². The van der Waals surface area contributed by atoms with Crippen molar-refractivity contribution in [1.82, 2.24) is 5.32 Å². The van der Waals surface area contributed by atoms with Gasteiger partial charge in [-0.05, 0) is 30.4 Å². The number of thiophene rings is 1. The van der Waals surface area contributed by atoms with Crippen LogP contribution in [0.2, 0.25) is 0 Å². The second kappa shape index (κ2) is 8.41. The molecule has 2 N–H and O–H groups in total. The fourth-order valence-corrected chi connectivity index (χ4v) is 4.47. The van der Waals surface area contributed by atoms with E-state index < -0.39 is 6.04 Å². The van der Waals surface area contributed by atoms with Crippen molar-refractivity contribution in [1.29, 1.82) is 0 Å². The van der Waals surface area contributed by atoms with E-state index in [0.717, 1.165) is 24.9 Å². The van der Waals surface area contributed by atoms with Crippen LogP contribution in [0.4, 0.5) is 0 Å². The molecule has 1 aliphatic rings. The summed E-state index contributed by atoms with van der Waals surface area (Å²) in [5, 5.41) is 5.05. The van der Waals surface area contributed by atoms with Crippen LogP contribution in [0.5, 0.6) is 0 Å². The van der Waals surface area contributed by atoms with Crippen LogP contribution in [0.25, 0.3) is 0 Å². The Balaban J connectivity index is 1.59. The van der Waals surface area contributed by atoms with E-state index in [1.54, 1.807) is 18.3 Å². The number of carbonyl (C=O) groups excluding carboxylic acids is 2. The SMILES string of the molecule is CC(=O)[C@H](Cc1ccccc1)NC(=O)C[NH+]1CCC[C@@H]1c1cccs1. The van der Waals surface area contributed by atoms with Crippen molar-refractivity contribution >= 4 is 23.0 Å². The van der Waals surface area contributed by atoms with Crippen LogP contribution < -0.4 is 10.2 Å². The zero-order valence-corrected chi connectivity index (χ0v) is 15.4. The highest BCUT2D eigenvalue weighted by atomic mass is 32.1. The third-order valence-corrected chi connectivity index (χ3v) is 5.85. The Morgan fingerprint density at radius 1 is 1.24 bits per heavy atom. The Morgan fingerprint density at radius 2 is 2.04 bits per heavy atom.